The van der Waals surface area contributed by atoms with E-state index in [1.807, 2.05) is 24.3 Å². The molecule has 0 saturated carbocycles. The molecule has 1 heterocycles. The van der Waals surface area contributed by atoms with E-state index in [0.717, 1.165) is 35.0 Å². The first-order chi connectivity index (χ1) is 9.60. The standard InChI is InChI=1S/C16H21ClN2S/c1-4-5-14-15(10-18-11(2)3)20-16(19-14)12-6-8-13(17)9-7-12/h6-9,11,18H,4-5,10H2,1-3H3. The normalized spacial score (nSPS) is 11.2. The van der Waals surface area contributed by atoms with Gasteiger partial charge in [0.1, 0.15) is 5.01 Å². The number of nitrogens with one attached hydrogen (secondary N) is 1. The molecule has 1 aromatic heterocycles. The van der Waals surface area contributed by atoms with Gasteiger partial charge in [-0.05, 0) is 18.6 Å². The maximum absolute atomic E-state index is 5.94. The van der Waals surface area contributed by atoms with E-state index in [2.05, 4.69) is 26.1 Å². The Morgan fingerprint density at radius 3 is 2.55 bits per heavy atom. The lowest BCUT2D eigenvalue weighted by atomic mass is 10.2. The van der Waals surface area contributed by atoms with E-state index in [0.29, 0.717) is 6.04 Å². The van der Waals surface area contributed by atoms with Crippen LogP contribution in [0.15, 0.2) is 24.3 Å². The minimum absolute atomic E-state index is 0.491. The highest BCUT2D eigenvalue weighted by Gasteiger charge is 2.12. The molecule has 0 bridgehead atoms. The zero-order chi connectivity index (χ0) is 14.5. The highest BCUT2D eigenvalue weighted by Crippen LogP contribution is 2.29. The second kappa shape index (κ2) is 7.21. The summed E-state index contributed by atoms with van der Waals surface area (Å²) in [7, 11) is 0. The van der Waals surface area contributed by atoms with Gasteiger partial charge in [-0.2, -0.15) is 0 Å². The molecule has 20 heavy (non-hydrogen) atoms. The van der Waals surface area contributed by atoms with Gasteiger partial charge in [0.15, 0.2) is 0 Å². The first kappa shape index (κ1) is 15.5. The second-order valence-electron chi connectivity index (χ2n) is 5.18. The summed E-state index contributed by atoms with van der Waals surface area (Å²) in [6, 6.07) is 8.41. The maximum atomic E-state index is 5.94. The fourth-order valence-electron chi connectivity index (χ4n) is 1.97. The zero-order valence-electron chi connectivity index (χ0n) is 12.2. The van der Waals surface area contributed by atoms with Crippen LogP contribution in [0, 0.1) is 0 Å². The molecular weight excluding hydrogens is 288 g/mol. The van der Waals surface area contributed by atoms with E-state index in [9.17, 15) is 0 Å². The van der Waals surface area contributed by atoms with Crippen molar-refractivity contribution in [3.63, 3.8) is 0 Å². The summed E-state index contributed by atoms with van der Waals surface area (Å²) >= 11 is 7.73. The van der Waals surface area contributed by atoms with Crippen molar-refractivity contribution in [2.75, 3.05) is 0 Å². The Labute approximate surface area is 130 Å². The van der Waals surface area contributed by atoms with Crippen molar-refractivity contribution in [3.8, 4) is 10.6 Å². The minimum atomic E-state index is 0.491. The molecule has 108 valence electrons. The van der Waals surface area contributed by atoms with Gasteiger partial charge in [0.25, 0.3) is 0 Å². The summed E-state index contributed by atoms with van der Waals surface area (Å²) in [6.07, 6.45) is 2.16. The molecule has 1 N–H and O–H groups in total. The molecule has 0 radical (unpaired) electrons. The van der Waals surface area contributed by atoms with Crippen LogP contribution in [0.3, 0.4) is 0 Å². The smallest absolute Gasteiger partial charge is 0.123 e. The lowest BCUT2D eigenvalue weighted by molar-refractivity contribution is 0.589. The Kier molecular flexibility index (Phi) is 5.58. The summed E-state index contributed by atoms with van der Waals surface area (Å²) in [4.78, 5) is 6.17. The van der Waals surface area contributed by atoms with Crippen molar-refractivity contribution in [3.05, 3.63) is 39.9 Å². The molecule has 0 aliphatic rings. The summed E-state index contributed by atoms with van der Waals surface area (Å²) in [5, 5.41) is 5.34. The lowest BCUT2D eigenvalue weighted by Gasteiger charge is -2.07. The van der Waals surface area contributed by atoms with Crippen molar-refractivity contribution in [1.29, 1.82) is 0 Å². The van der Waals surface area contributed by atoms with Crippen LogP contribution in [0.1, 0.15) is 37.8 Å². The van der Waals surface area contributed by atoms with Gasteiger partial charge in [-0.25, -0.2) is 4.98 Å². The fraction of sp³-hybridized carbons (Fsp3) is 0.438. The number of benzene rings is 1. The van der Waals surface area contributed by atoms with Gasteiger partial charge in [-0.1, -0.05) is 50.9 Å². The highest BCUT2D eigenvalue weighted by molar-refractivity contribution is 7.15. The van der Waals surface area contributed by atoms with Crippen molar-refractivity contribution >= 4 is 22.9 Å². The second-order valence-corrected chi connectivity index (χ2v) is 6.70. The number of hydrogen-bond donors (Lipinski definition) is 1. The van der Waals surface area contributed by atoms with Gasteiger partial charge in [0.2, 0.25) is 0 Å². The summed E-state index contributed by atoms with van der Waals surface area (Å²) in [5.41, 5.74) is 2.38. The minimum Gasteiger partial charge on any atom is -0.310 e. The van der Waals surface area contributed by atoms with Crippen molar-refractivity contribution in [2.24, 2.45) is 0 Å². The Morgan fingerprint density at radius 2 is 1.95 bits per heavy atom. The SMILES string of the molecule is CCCc1nc(-c2ccc(Cl)cc2)sc1CNC(C)C. The Morgan fingerprint density at radius 1 is 1.25 bits per heavy atom. The largest absolute Gasteiger partial charge is 0.310 e. The van der Waals surface area contributed by atoms with Gasteiger partial charge < -0.3 is 5.32 Å². The van der Waals surface area contributed by atoms with Gasteiger partial charge in [0.05, 0.1) is 5.69 Å². The Balaban J connectivity index is 2.25. The quantitative estimate of drug-likeness (QED) is 0.819. The summed E-state index contributed by atoms with van der Waals surface area (Å²) in [5.74, 6) is 0. The Hall–Kier alpha value is -0.900. The lowest BCUT2D eigenvalue weighted by Crippen LogP contribution is -2.21. The molecule has 2 rings (SSSR count). The number of rotatable bonds is 6. The van der Waals surface area contributed by atoms with E-state index < -0.39 is 0 Å². The number of aromatic nitrogens is 1. The third kappa shape index (κ3) is 4.05. The fourth-order valence-corrected chi connectivity index (χ4v) is 3.16. The van der Waals surface area contributed by atoms with Crippen LogP contribution in [0.5, 0.6) is 0 Å². The first-order valence-corrected chi connectivity index (χ1v) is 8.27. The highest BCUT2D eigenvalue weighted by atomic mass is 35.5. The molecule has 0 atom stereocenters. The van der Waals surface area contributed by atoms with E-state index in [4.69, 9.17) is 16.6 Å². The average molecular weight is 309 g/mol. The van der Waals surface area contributed by atoms with Crippen LogP contribution in [-0.2, 0) is 13.0 Å². The number of nitrogens with zero attached hydrogens (tertiary/aromatic N) is 1. The molecule has 0 saturated heterocycles. The molecular formula is C16H21ClN2S. The predicted molar refractivity (Wildman–Crippen MR) is 88.5 cm³/mol. The van der Waals surface area contributed by atoms with Crippen molar-refractivity contribution < 1.29 is 0 Å². The van der Waals surface area contributed by atoms with E-state index >= 15 is 0 Å². The van der Waals surface area contributed by atoms with E-state index in [1.54, 1.807) is 11.3 Å². The van der Waals surface area contributed by atoms with E-state index in [-0.39, 0.29) is 0 Å². The zero-order valence-corrected chi connectivity index (χ0v) is 13.8. The molecule has 2 nitrogen and oxygen atoms in total. The molecule has 4 heteroatoms. The number of thiazole rings is 1. The van der Waals surface area contributed by atoms with Gasteiger partial charge in [-0.15, -0.1) is 11.3 Å². The monoisotopic (exact) mass is 308 g/mol. The summed E-state index contributed by atoms with van der Waals surface area (Å²) in [6.45, 7) is 7.43. The third-order valence-electron chi connectivity index (χ3n) is 3.03. The Bertz CT molecular complexity index is 546. The van der Waals surface area contributed by atoms with Gasteiger partial charge in [0, 0.05) is 28.0 Å². The molecule has 0 fully saturated rings. The number of aryl methyl sites for hydroxylation is 1. The molecule has 2 aromatic rings. The van der Waals surface area contributed by atoms with Crippen LogP contribution < -0.4 is 5.32 Å². The van der Waals surface area contributed by atoms with Crippen molar-refractivity contribution in [2.45, 2.75) is 46.2 Å². The molecule has 0 aliphatic carbocycles. The molecule has 1 aromatic carbocycles. The number of hydrogen-bond acceptors (Lipinski definition) is 3. The molecule has 0 aliphatic heterocycles. The van der Waals surface area contributed by atoms with Crippen LogP contribution in [0.4, 0.5) is 0 Å². The van der Waals surface area contributed by atoms with Gasteiger partial charge in [-0.3, -0.25) is 0 Å². The van der Waals surface area contributed by atoms with Crippen LogP contribution in [0.2, 0.25) is 5.02 Å². The third-order valence-corrected chi connectivity index (χ3v) is 4.43. The van der Waals surface area contributed by atoms with Gasteiger partial charge >= 0.3 is 0 Å². The topological polar surface area (TPSA) is 24.9 Å². The van der Waals surface area contributed by atoms with Crippen molar-refractivity contribution in [1.82, 2.24) is 10.3 Å². The maximum Gasteiger partial charge on any atom is 0.123 e. The predicted octanol–water partition coefficient (Wildman–Crippen LogP) is 4.91. The van der Waals surface area contributed by atoms with Crippen LogP contribution in [-0.4, -0.2) is 11.0 Å². The molecule has 0 spiro atoms. The number of halogens is 1. The molecule has 0 amide bonds. The average Bonchev–Trinajstić information content (AvgIpc) is 2.81. The van der Waals surface area contributed by atoms with E-state index in [1.165, 1.54) is 10.6 Å². The van der Waals surface area contributed by atoms with Crippen LogP contribution >= 0.6 is 22.9 Å². The summed E-state index contributed by atoms with van der Waals surface area (Å²) < 4.78 is 0. The molecule has 0 unspecified atom stereocenters. The van der Waals surface area contributed by atoms with Crippen LogP contribution in [0.25, 0.3) is 10.6 Å². The first-order valence-electron chi connectivity index (χ1n) is 7.08.